The number of pyridine rings is 1. The molecule has 7 nitrogen and oxygen atoms in total. The molecule has 1 amide bonds. The summed E-state index contributed by atoms with van der Waals surface area (Å²) in [6.45, 7) is 4.21. The van der Waals surface area contributed by atoms with Crippen molar-refractivity contribution < 1.29 is 4.79 Å². The lowest BCUT2D eigenvalue weighted by atomic mass is 10.0. The molecule has 0 saturated carbocycles. The highest BCUT2D eigenvalue weighted by atomic mass is 16.1. The molecule has 1 unspecified atom stereocenters. The minimum atomic E-state index is -0.188. The van der Waals surface area contributed by atoms with E-state index in [1.165, 1.54) is 12.4 Å². The Morgan fingerprint density at radius 2 is 2.13 bits per heavy atom. The highest BCUT2D eigenvalue weighted by molar-refractivity contribution is 6.05. The third-order valence-corrected chi connectivity index (χ3v) is 5.45. The minimum Gasteiger partial charge on any atom is -0.383 e. The second kappa shape index (κ2) is 7.11. The average Bonchev–Trinajstić information content (AvgIpc) is 2.95. The molecule has 0 saturated heterocycles. The number of nitrogens with zero attached hydrogens (tertiary/aromatic N) is 4. The van der Waals surface area contributed by atoms with Crippen LogP contribution in [0.1, 0.15) is 12.1 Å². The number of nitrogens with two attached hydrogens (primary N) is 1. The number of amides is 1. The van der Waals surface area contributed by atoms with Gasteiger partial charge in [-0.25, -0.2) is 9.97 Å². The summed E-state index contributed by atoms with van der Waals surface area (Å²) < 4.78 is 2.13. The third-order valence-electron chi connectivity index (χ3n) is 5.45. The Balaban J connectivity index is 1.72. The van der Waals surface area contributed by atoms with Gasteiger partial charge in [0.05, 0.1) is 16.6 Å². The zero-order chi connectivity index (χ0) is 20.7. The normalized spacial score (nSPS) is 15.7. The van der Waals surface area contributed by atoms with Crippen LogP contribution >= 0.6 is 0 Å². The van der Waals surface area contributed by atoms with Gasteiger partial charge in [0, 0.05) is 35.3 Å². The first-order chi connectivity index (χ1) is 14.7. The van der Waals surface area contributed by atoms with Crippen LogP contribution in [0.2, 0.25) is 0 Å². The van der Waals surface area contributed by atoms with E-state index in [4.69, 9.17) is 5.73 Å². The molecule has 1 atom stereocenters. The largest absolute Gasteiger partial charge is 0.383 e. The fraction of sp³-hybridized carbons (Fsp3) is 0.130. The number of hydrogen-bond acceptors (Lipinski definition) is 5. The molecule has 0 radical (unpaired) electrons. The Bertz CT molecular complexity index is 1340. The lowest BCUT2D eigenvalue weighted by molar-refractivity contribution is -0.116. The van der Waals surface area contributed by atoms with Crippen molar-refractivity contribution in [2.75, 3.05) is 5.73 Å². The van der Waals surface area contributed by atoms with Crippen LogP contribution < -0.4 is 11.1 Å². The molecule has 0 aliphatic carbocycles. The molecule has 5 rings (SSSR count). The summed E-state index contributed by atoms with van der Waals surface area (Å²) in [7, 11) is 0. The molecule has 0 spiro atoms. The number of benzene rings is 1. The second-order valence-electron chi connectivity index (χ2n) is 7.25. The van der Waals surface area contributed by atoms with Gasteiger partial charge in [0.2, 0.25) is 5.91 Å². The van der Waals surface area contributed by atoms with E-state index in [-0.39, 0.29) is 11.9 Å². The molecular weight excluding hydrogens is 376 g/mol. The highest BCUT2D eigenvalue weighted by Gasteiger charge is 2.23. The molecule has 1 aliphatic heterocycles. The van der Waals surface area contributed by atoms with E-state index in [0.717, 1.165) is 45.2 Å². The van der Waals surface area contributed by atoms with Crippen LogP contribution in [0.3, 0.4) is 0 Å². The SMILES string of the molecule is C=CC(=O)NC1C=Cc2c(-c3cnc4ccccc4c3)c3c(N)ncnc3n2CC1. The topological polar surface area (TPSA) is 98.7 Å². The number of carbonyl (C=O) groups is 1. The number of carbonyl (C=O) groups excluding carboxylic acids is 1. The first-order valence-corrected chi connectivity index (χ1v) is 9.74. The summed E-state index contributed by atoms with van der Waals surface area (Å²) in [6.07, 6.45) is 9.38. The maximum Gasteiger partial charge on any atom is 0.243 e. The summed E-state index contributed by atoms with van der Waals surface area (Å²) in [5.41, 5.74) is 10.9. The van der Waals surface area contributed by atoms with Crippen LogP contribution in [0.5, 0.6) is 0 Å². The molecule has 4 aromatic rings. The van der Waals surface area contributed by atoms with Gasteiger partial charge in [-0.1, -0.05) is 30.9 Å². The van der Waals surface area contributed by atoms with Crippen molar-refractivity contribution in [2.45, 2.75) is 19.0 Å². The predicted molar refractivity (Wildman–Crippen MR) is 118 cm³/mol. The standard InChI is InChI=1S/C23H20N6O/c1-2-19(30)28-16-7-8-18-20(15-11-14-5-3-4-6-17(14)25-12-15)21-22(24)26-13-27-23(21)29(18)10-9-16/h2-8,11-13,16H,1,9-10H2,(H,28,30)(H2,24,26,27). The van der Waals surface area contributed by atoms with Crippen molar-refractivity contribution in [1.82, 2.24) is 24.8 Å². The first kappa shape index (κ1) is 18.1. The maximum atomic E-state index is 11.8. The Labute approximate surface area is 173 Å². The van der Waals surface area contributed by atoms with E-state index in [2.05, 4.69) is 37.5 Å². The molecule has 3 N–H and O–H groups in total. The number of nitrogens with one attached hydrogen (secondary N) is 1. The summed E-state index contributed by atoms with van der Waals surface area (Å²) in [5, 5.41) is 4.82. The number of aromatic nitrogens is 4. The monoisotopic (exact) mass is 396 g/mol. The molecular formula is C23H20N6O. The van der Waals surface area contributed by atoms with Gasteiger partial charge in [0.15, 0.2) is 0 Å². The van der Waals surface area contributed by atoms with Crippen LogP contribution in [0.15, 0.2) is 61.6 Å². The molecule has 7 heteroatoms. The van der Waals surface area contributed by atoms with E-state index < -0.39 is 0 Å². The summed E-state index contributed by atoms with van der Waals surface area (Å²) in [4.78, 5) is 25.1. The Morgan fingerprint density at radius 1 is 1.27 bits per heavy atom. The lowest BCUT2D eigenvalue weighted by Crippen LogP contribution is -2.32. The molecule has 0 fully saturated rings. The molecule has 1 aliphatic rings. The highest BCUT2D eigenvalue weighted by Crippen LogP contribution is 2.39. The molecule has 1 aromatic carbocycles. The first-order valence-electron chi connectivity index (χ1n) is 9.74. The van der Waals surface area contributed by atoms with Crippen LogP contribution in [-0.4, -0.2) is 31.5 Å². The van der Waals surface area contributed by atoms with Gasteiger partial charge in [-0.05, 0) is 30.7 Å². The van der Waals surface area contributed by atoms with Crippen LogP contribution in [0.25, 0.3) is 39.1 Å². The van der Waals surface area contributed by atoms with Gasteiger partial charge in [-0.15, -0.1) is 0 Å². The predicted octanol–water partition coefficient (Wildman–Crippen LogP) is 3.32. The van der Waals surface area contributed by atoms with Crippen molar-refractivity contribution in [3.63, 3.8) is 0 Å². The number of hydrogen-bond donors (Lipinski definition) is 2. The Kier molecular flexibility index (Phi) is 4.28. The molecule has 3 aromatic heterocycles. The van der Waals surface area contributed by atoms with Crippen LogP contribution in [0, 0.1) is 0 Å². The molecule has 148 valence electrons. The van der Waals surface area contributed by atoms with Crippen molar-refractivity contribution in [3.8, 4) is 11.1 Å². The Morgan fingerprint density at radius 3 is 3.00 bits per heavy atom. The number of fused-ring (bicyclic) bond motifs is 4. The smallest absolute Gasteiger partial charge is 0.243 e. The van der Waals surface area contributed by atoms with E-state index in [9.17, 15) is 4.79 Å². The minimum absolute atomic E-state index is 0.0905. The summed E-state index contributed by atoms with van der Waals surface area (Å²) >= 11 is 0. The second-order valence-corrected chi connectivity index (χ2v) is 7.25. The lowest BCUT2D eigenvalue weighted by Gasteiger charge is -2.12. The third kappa shape index (κ3) is 2.91. The van der Waals surface area contributed by atoms with E-state index in [1.807, 2.05) is 42.6 Å². The number of anilines is 1. The zero-order valence-corrected chi connectivity index (χ0v) is 16.2. The van der Waals surface area contributed by atoms with Crippen LogP contribution in [-0.2, 0) is 11.3 Å². The molecule has 30 heavy (non-hydrogen) atoms. The quantitative estimate of drug-likeness (QED) is 0.518. The van der Waals surface area contributed by atoms with Gasteiger partial charge >= 0.3 is 0 Å². The van der Waals surface area contributed by atoms with Gasteiger partial charge in [0.25, 0.3) is 0 Å². The van der Waals surface area contributed by atoms with Crippen molar-refractivity contribution >= 4 is 39.7 Å². The molecule has 4 heterocycles. The fourth-order valence-corrected chi connectivity index (χ4v) is 4.04. The van der Waals surface area contributed by atoms with Gasteiger partial charge < -0.3 is 15.6 Å². The van der Waals surface area contributed by atoms with Crippen molar-refractivity contribution in [3.05, 3.63) is 67.3 Å². The van der Waals surface area contributed by atoms with E-state index >= 15 is 0 Å². The number of rotatable bonds is 3. The van der Waals surface area contributed by atoms with E-state index in [1.54, 1.807) is 0 Å². The van der Waals surface area contributed by atoms with Gasteiger partial charge in [-0.2, -0.15) is 0 Å². The van der Waals surface area contributed by atoms with E-state index in [0.29, 0.717) is 12.4 Å². The Hall–Kier alpha value is -4.00. The maximum absolute atomic E-state index is 11.8. The fourth-order valence-electron chi connectivity index (χ4n) is 4.04. The van der Waals surface area contributed by atoms with Gasteiger partial charge in [-0.3, -0.25) is 9.78 Å². The van der Waals surface area contributed by atoms with Crippen molar-refractivity contribution in [1.29, 1.82) is 0 Å². The number of para-hydroxylation sites is 1. The van der Waals surface area contributed by atoms with Crippen molar-refractivity contribution in [2.24, 2.45) is 0 Å². The van der Waals surface area contributed by atoms with Gasteiger partial charge in [0.1, 0.15) is 17.8 Å². The molecule has 0 bridgehead atoms. The zero-order valence-electron chi connectivity index (χ0n) is 16.2. The van der Waals surface area contributed by atoms with Crippen LogP contribution in [0.4, 0.5) is 5.82 Å². The summed E-state index contributed by atoms with van der Waals surface area (Å²) in [6, 6.07) is 10.0. The number of nitrogen functional groups attached to an aromatic ring is 1. The average molecular weight is 396 g/mol. The number of aryl methyl sites for hydroxylation is 1. The summed E-state index contributed by atoms with van der Waals surface area (Å²) in [5.74, 6) is 0.250.